The van der Waals surface area contributed by atoms with Crippen molar-refractivity contribution >= 4 is 22.6 Å². The summed E-state index contributed by atoms with van der Waals surface area (Å²) >= 11 is 0. The Morgan fingerprint density at radius 3 is 2.26 bits per heavy atom. The van der Waals surface area contributed by atoms with Crippen LogP contribution in [0.2, 0.25) is 0 Å². The normalized spacial score (nSPS) is 11.8. The van der Waals surface area contributed by atoms with Gasteiger partial charge in [0.05, 0.1) is 7.11 Å². The Morgan fingerprint density at radius 1 is 0.926 bits per heavy atom. The fraction of sp³-hybridized carbons (Fsp3) is 0.217. The molecule has 0 aliphatic heterocycles. The van der Waals surface area contributed by atoms with E-state index in [4.69, 9.17) is 4.74 Å². The number of amides is 1. The van der Waals surface area contributed by atoms with Crippen molar-refractivity contribution in [1.82, 2.24) is 5.32 Å². The molecule has 4 heteroatoms. The van der Waals surface area contributed by atoms with Crippen molar-refractivity contribution in [1.29, 1.82) is 0 Å². The van der Waals surface area contributed by atoms with E-state index in [1.165, 1.54) is 7.11 Å². The molecule has 0 aromatic heterocycles. The van der Waals surface area contributed by atoms with Crippen LogP contribution in [0.3, 0.4) is 0 Å². The number of methoxy groups -OCH3 is 1. The lowest BCUT2D eigenvalue weighted by Gasteiger charge is -2.17. The summed E-state index contributed by atoms with van der Waals surface area (Å²) in [6.45, 7) is 3.88. The predicted molar refractivity (Wildman–Crippen MR) is 107 cm³/mol. The summed E-state index contributed by atoms with van der Waals surface area (Å²) in [6.07, 6.45) is 0.369. The number of hydrogen-bond acceptors (Lipinski definition) is 3. The van der Waals surface area contributed by atoms with Gasteiger partial charge in [0.2, 0.25) is 0 Å². The van der Waals surface area contributed by atoms with Crippen LogP contribution in [0.5, 0.6) is 0 Å². The van der Waals surface area contributed by atoms with Gasteiger partial charge < -0.3 is 10.1 Å². The molecule has 27 heavy (non-hydrogen) atoms. The smallest absolute Gasteiger partial charge is 0.328 e. The second-order valence-electron chi connectivity index (χ2n) is 6.81. The van der Waals surface area contributed by atoms with Gasteiger partial charge in [0.15, 0.2) is 0 Å². The zero-order valence-corrected chi connectivity index (χ0v) is 15.8. The second-order valence-corrected chi connectivity index (χ2v) is 6.81. The first-order valence-corrected chi connectivity index (χ1v) is 8.91. The molecule has 3 aromatic carbocycles. The number of ether oxygens (including phenoxy) is 1. The van der Waals surface area contributed by atoms with Crippen LogP contribution in [0.25, 0.3) is 10.8 Å². The molecule has 0 aliphatic carbocycles. The first-order chi connectivity index (χ1) is 13.0. The summed E-state index contributed by atoms with van der Waals surface area (Å²) in [5.41, 5.74) is 3.51. The molecule has 1 N–H and O–H groups in total. The third-order valence-corrected chi connectivity index (χ3v) is 4.53. The number of fused-ring (bicyclic) bond motifs is 1. The first kappa shape index (κ1) is 18.6. The topological polar surface area (TPSA) is 55.4 Å². The van der Waals surface area contributed by atoms with E-state index in [1.54, 1.807) is 0 Å². The van der Waals surface area contributed by atoms with Gasteiger partial charge in [-0.15, -0.1) is 0 Å². The van der Waals surface area contributed by atoms with Gasteiger partial charge in [0.1, 0.15) is 6.04 Å². The summed E-state index contributed by atoms with van der Waals surface area (Å²) in [4.78, 5) is 24.9. The number of rotatable bonds is 5. The van der Waals surface area contributed by atoms with Crippen molar-refractivity contribution in [2.24, 2.45) is 0 Å². The minimum absolute atomic E-state index is 0.280. The molecule has 0 heterocycles. The Kier molecular flexibility index (Phi) is 5.55. The molecule has 0 spiro atoms. The molecule has 3 aromatic rings. The van der Waals surface area contributed by atoms with Crippen LogP contribution in [0.4, 0.5) is 0 Å². The van der Waals surface area contributed by atoms with E-state index in [-0.39, 0.29) is 5.91 Å². The molecule has 0 bridgehead atoms. The number of aryl methyl sites for hydroxylation is 2. The van der Waals surface area contributed by atoms with Crippen LogP contribution < -0.4 is 5.32 Å². The Labute approximate surface area is 159 Å². The van der Waals surface area contributed by atoms with Gasteiger partial charge >= 0.3 is 5.97 Å². The molecular formula is C23H23NO3. The molecule has 1 amide bonds. The van der Waals surface area contributed by atoms with Gasteiger partial charge in [-0.05, 0) is 42.3 Å². The molecule has 3 rings (SSSR count). The van der Waals surface area contributed by atoms with Crippen LogP contribution in [0.1, 0.15) is 27.0 Å². The van der Waals surface area contributed by atoms with Crippen molar-refractivity contribution < 1.29 is 14.3 Å². The van der Waals surface area contributed by atoms with E-state index in [1.807, 2.05) is 74.5 Å². The Morgan fingerprint density at radius 2 is 1.59 bits per heavy atom. The Balaban J connectivity index is 1.82. The molecule has 0 unspecified atom stereocenters. The average molecular weight is 361 g/mol. The Hall–Kier alpha value is -3.14. The molecule has 0 fully saturated rings. The highest BCUT2D eigenvalue weighted by atomic mass is 16.5. The molecule has 0 radical (unpaired) electrons. The summed E-state index contributed by atoms with van der Waals surface area (Å²) in [7, 11) is 1.33. The summed E-state index contributed by atoms with van der Waals surface area (Å²) in [6, 6.07) is 18.9. The number of esters is 1. The number of carbonyl (C=O) groups excluding carboxylic acids is 2. The highest BCUT2D eigenvalue weighted by molar-refractivity contribution is 5.97. The SMILES string of the molecule is COC(=O)[C@H](Cc1ccc2ccccc2c1)NC(=O)c1cc(C)cc(C)c1. The number of benzene rings is 3. The van der Waals surface area contributed by atoms with Crippen LogP contribution >= 0.6 is 0 Å². The molecule has 4 nitrogen and oxygen atoms in total. The Bertz CT molecular complexity index is 974. The molecule has 0 aliphatic rings. The van der Waals surface area contributed by atoms with E-state index in [9.17, 15) is 9.59 Å². The monoisotopic (exact) mass is 361 g/mol. The van der Waals surface area contributed by atoms with E-state index < -0.39 is 12.0 Å². The van der Waals surface area contributed by atoms with Crippen molar-refractivity contribution in [3.63, 3.8) is 0 Å². The summed E-state index contributed by atoms with van der Waals surface area (Å²) in [5.74, 6) is -0.737. The molecular weight excluding hydrogens is 338 g/mol. The lowest BCUT2D eigenvalue weighted by Crippen LogP contribution is -2.43. The van der Waals surface area contributed by atoms with Crippen LogP contribution in [-0.2, 0) is 16.0 Å². The van der Waals surface area contributed by atoms with Crippen LogP contribution in [0.15, 0.2) is 60.7 Å². The van der Waals surface area contributed by atoms with Gasteiger partial charge in [-0.3, -0.25) is 4.79 Å². The van der Waals surface area contributed by atoms with E-state index in [0.717, 1.165) is 27.5 Å². The summed E-state index contributed by atoms with van der Waals surface area (Å²) in [5, 5.41) is 5.05. The quantitative estimate of drug-likeness (QED) is 0.700. The van der Waals surface area contributed by atoms with Gasteiger partial charge in [0.25, 0.3) is 5.91 Å². The minimum atomic E-state index is -0.746. The van der Waals surface area contributed by atoms with Crippen molar-refractivity contribution in [3.8, 4) is 0 Å². The fourth-order valence-corrected chi connectivity index (χ4v) is 3.28. The van der Waals surface area contributed by atoms with Crippen molar-refractivity contribution in [3.05, 3.63) is 82.9 Å². The summed E-state index contributed by atoms with van der Waals surface area (Å²) < 4.78 is 4.90. The van der Waals surface area contributed by atoms with Gasteiger partial charge in [-0.1, -0.05) is 59.7 Å². The van der Waals surface area contributed by atoms with E-state index >= 15 is 0 Å². The maximum Gasteiger partial charge on any atom is 0.328 e. The van der Waals surface area contributed by atoms with Crippen LogP contribution in [-0.4, -0.2) is 25.0 Å². The zero-order valence-electron chi connectivity index (χ0n) is 15.8. The van der Waals surface area contributed by atoms with Crippen molar-refractivity contribution in [2.45, 2.75) is 26.3 Å². The minimum Gasteiger partial charge on any atom is -0.467 e. The lowest BCUT2D eigenvalue weighted by atomic mass is 10.0. The third kappa shape index (κ3) is 4.53. The lowest BCUT2D eigenvalue weighted by molar-refractivity contribution is -0.142. The molecule has 0 saturated heterocycles. The first-order valence-electron chi connectivity index (χ1n) is 8.91. The van der Waals surface area contributed by atoms with Gasteiger partial charge in [0, 0.05) is 12.0 Å². The largest absolute Gasteiger partial charge is 0.467 e. The molecule has 0 saturated carbocycles. The number of hydrogen-bond donors (Lipinski definition) is 1. The maximum absolute atomic E-state index is 12.7. The fourth-order valence-electron chi connectivity index (χ4n) is 3.28. The standard InChI is InChI=1S/C23H23NO3/c1-15-10-16(2)12-20(11-15)22(25)24-21(23(26)27-3)14-17-8-9-18-6-4-5-7-19(18)13-17/h4-13,21H,14H2,1-3H3,(H,24,25)/t21-/m0/s1. The molecule has 138 valence electrons. The number of nitrogens with one attached hydrogen (secondary N) is 1. The van der Waals surface area contributed by atoms with Gasteiger partial charge in [-0.25, -0.2) is 4.79 Å². The maximum atomic E-state index is 12.7. The third-order valence-electron chi connectivity index (χ3n) is 4.53. The highest BCUT2D eigenvalue weighted by Gasteiger charge is 2.23. The number of carbonyl (C=O) groups is 2. The van der Waals surface area contributed by atoms with Gasteiger partial charge in [-0.2, -0.15) is 0 Å². The van der Waals surface area contributed by atoms with E-state index in [2.05, 4.69) is 5.32 Å². The highest BCUT2D eigenvalue weighted by Crippen LogP contribution is 2.17. The van der Waals surface area contributed by atoms with Crippen LogP contribution in [0, 0.1) is 13.8 Å². The zero-order chi connectivity index (χ0) is 19.4. The van der Waals surface area contributed by atoms with E-state index in [0.29, 0.717) is 12.0 Å². The predicted octanol–water partition coefficient (Wildman–Crippen LogP) is 3.97. The average Bonchev–Trinajstić information content (AvgIpc) is 2.66. The van der Waals surface area contributed by atoms with Crippen molar-refractivity contribution in [2.75, 3.05) is 7.11 Å². The molecule has 1 atom stereocenters. The second kappa shape index (κ2) is 8.04.